The summed E-state index contributed by atoms with van der Waals surface area (Å²) >= 11 is 0. The molecule has 1 amide bonds. The van der Waals surface area contributed by atoms with Gasteiger partial charge in [-0.2, -0.15) is 23.4 Å². The maximum absolute atomic E-state index is 13.7. The van der Waals surface area contributed by atoms with Crippen LogP contribution in [0.1, 0.15) is 43.0 Å². The van der Waals surface area contributed by atoms with Crippen LogP contribution >= 0.6 is 0 Å². The molecule has 9 nitrogen and oxygen atoms in total. The van der Waals surface area contributed by atoms with Gasteiger partial charge in [-0.1, -0.05) is 37.3 Å². The minimum Gasteiger partial charge on any atom is -0.463 e. The topological polar surface area (TPSA) is 104 Å². The lowest BCUT2D eigenvalue weighted by Crippen LogP contribution is -2.31. The van der Waals surface area contributed by atoms with Gasteiger partial charge in [0.2, 0.25) is 5.95 Å². The van der Waals surface area contributed by atoms with Crippen LogP contribution in [0.2, 0.25) is 0 Å². The highest BCUT2D eigenvalue weighted by Crippen LogP contribution is 2.42. The molecule has 0 saturated heterocycles. The normalized spacial score (nSPS) is 19.6. The highest BCUT2D eigenvalue weighted by molar-refractivity contribution is 6.10. The molecule has 3 heterocycles. The predicted molar refractivity (Wildman–Crippen MR) is 150 cm³/mol. The van der Waals surface area contributed by atoms with Crippen molar-refractivity contribution in [1.29, 1.82) is 5.26 Å². The van der Waals surface area contributed by atoms with E-state index in [4.69, 9.17) is 4.74 Å². The quantitative estimate of drug-likeness (QED) is 0.359. The second kappa shape index (κ2) is 10.6. The summed E-state index contributed by atoms with van der Waals surface area (Å²) in [7, 11) is 0. The standard InChI is InChI=1S/C31H25F3N6O3/c1-3-43-28(42)25-17-38(23-6-4-5-22(14-23)31(32,33)34)30-36-29(39-16-21-13-18(2)7-12-24(21)27(39)41)37-40(30)26(25)20-10-8-19(15-35)9-11-20/h4-12,14,17-18,26H,3,13,16H2,1-2H3. The molecule has 2 atom stereocenters. The predicted octanol–water partition coefficient (Wildman–Crippen LogP) is 5.60. The van der Waals surface area contributed by atoms with Crippen LogP contribution in [-0.4, -0.2) is 39.8 Å². The molecule has 0 radical (unpaired) electrons. The Bertz CT molecular complexity index is 1760. The first-order chi connectivity index (χ1) is 20.6. The Morgan fingerprint density at radius 2 is 1.95 bits per heavy atom. The fraction of sp³-hybridized carbons (Fsp3) is 0.258. The number of aromatic nitrogens is 3. The molecule has 0 fully saturated rings. The van der Waals surface area contributed by atoms with E-state index in [0.717, 1.165) is 17.7 Å². The Morgan fingerprint density at radius 3 is 2.65 bits per heavy atom. The maximum atomic E-state index is 13.7. The van der Waals surface area contributed by atoms with Gasteiger partial charge < -0.3 is 4.74 Å². The molecule has 12 heteroatoms. The zero-order valence-electron chi connectivity index (χ0n) is 23.2. The van der Waals surface area contributed by atoms with Crippen molar-refractivity contribution in [3.05, 3.63) is 100 Å². The number of nitrogens with zero attached hydrogens (tertiary/aromatic N) is 6. The molecule has 0 bridgehead atoms. The molecular formula is C31H25F3N6O3. The van der Waals surface area contributed by atoms with E-state index in [0.29, 0.717) is 23.1 Å². The molecule has 3 aliphatic rings. The van der Waals surface area contributed by atoms with E-state index >= 15 is 0 Å². The number of ether oxygens (including phenoxy) is 1. The average molecular weight is 587 g/mol. The minimum absolute atomic E-state index is 0.0459. The lowest BCUT2D eigenvalue weighted by atomic mass is 9.92. The second-order valence-electron chi connectivity index (χ2n) is 10.5. The van der Waals surface area contributed by atoms with Crippen LogP contribution in [-0.2, 0) is 20.5 Å². The van der Waals surface area contributed by atoms with Crippen molar-refractivity contribution in [3.63, 3.8) is 0 Å². The number of hydrogen-bond acceptors (Lipinski definition) is 7. The van der Waals surface area contributed by atoms with E-state index in [1.54, 1.807) is 37.3 Å². The van der Waals surface area contributed by atoms with Gasteiger partial charge in [-0.15, -0.1) is 5.10 Å². The molecule has 1 aromatic heterocycles. The van der Waals surface area contributed by atoms with Gasteiger partial charge in [-0.05, 0) is 60.7 Å². The van der Waals surface area contributed by atoms with Gasteiger partial charge in [-0.25, -0.2) is 9.48 Å². The number of carbonyl (C=O) groups is 2. The van der Waals surface area contributed by atoms with Crippen molar-refractivity contribution in [2.75, 3.05) is 23.0 Å². The molecule has 2 unspecified atom stereocenters. The lowest BCUT2D eigenvalue weighted by Gasteiger charge is -2.31. The number of hydrogen-bond donors (Lipinski definition) is 0. The number of anilines is 3. The van der Waals surface area contributed by atoms with Gasteiger partial charge >= 0.3 is 12.1 Å². The van der Waals surface area contributed by atoms with Crippen LogP contribution in [0.25, 0.3) is 0 Å². The summed E-state index contributed by atoms with van der Waals surface area (Å²) in [6, 6.07) is 12.3. The van der Waals surface area contributed by atoms with Crippen LogP contribution < -0.4 is 9.80 Å². The zero-order valence-corrected chi connectivity index (χ0v) is 23.2. The molecule has 2 aliphatic heterocycles. The van der Waals surface area contributed by atoms with Crippen molar-refractivity contribution >= 4 is 29.5 Å². The number of fused-ring (bicyclic) bond motifs is 1. The Balaban J connectivity index is 1.52. The lowest BCUT2D eigenvalue weighted by molar-refractivity contribution is -0.139. The molecule has 218 valence electrons. The number of alkyl halides is 3. The van der Waals surface area contributed by atoms with Crippen molar-refractivity contribution in [2.45, 2.75) is 32.5 Å². The van der Waals surface area contributed by atoms with Crippen LogP contribution in [0.15, 0.2) is 83.6 Å². The van der Waals surface area contributed by atoms with Gasteiger partial charge in [0.1, 0.15) is 6.04 Å². The summed E-state index contributed by atoms with van der Waals surface area (Å²) in [6.45, 7) is 4.03. The van der Waals surface area contributed by atoms with Crippen LogP contribution in [0.4, 0.5) is 30.8 Å². The van der Waals surface area contributed by atoms with Crippen molar-refractivity contribution < 1.29 is 27.5 Å². The van der Waals surface area contributed by atoms with Gasteiger partial charge in [0.05, 0.1) is 35.9 Å². The van der Waals surface area contributed by atoms with Crippen molar-refractivity contribution in [2.24, 2.45) is 5.92 Å². The maximum Gasteiger partial charge on any atom is 0.416 e. The number of amides is 1. The van der Waals surface area contributed by atoms with E-state index in [1.165, 1.54) is 32.8 Å². The van der Waals surface area contributed by atoms with E-state index in [-0.39, 0.29) is 48.1 Å². The third kappa shape index (κ3) is 4.97. The van der Waals surface area contributed by atoms with E-state index < -0.39 is 23.8 Å². The summed E-state index contributed by atoms with van der Waals surface area (Å²) < 4.78 is 47.8. The Kier molecular flexibility index (Phi) is 6.88. The summed E-state index contributed by atoms with van der Waals surface area (Å²) in [5, 5.41) is 14.0. The number of allylic oxidation sites excluding steroid dienone is 1. The van der Waals surface area contributed by atoms with Crippen LogP contribution in [0, 0.1) is 17.2 Å². The first-order valence-corrected chi connectivity index (χ1v) is 13.6. The number of carbonyl (C=O) groups excluding carboxylic acids is 2. The monoisotopic (exact) mass is 586 g/mol. The summed E-state index contributed by atoms with van der Waals surface area (Å²) in [5.74, 6) is -0.573. The first kappa shape index (κ1) is 28.0. The van der Waals surface area contributed by atoms with Gasteiger partial charge in [0.25, 0.3) is 11.9 Å². The summed E-state index contributed by atoms with van der Waals surface area (Å²) in [6.07, 6.45) is 1.26. The molecule has 0 saturated carbocycles. The number of halogens is 3. The van der Waals surface area contributed by atoms with Gasteiger partial charge in [0, 0.05) is 17.5 Å². The number of nitriles is 1. The van der Waals surface area contributed by atoms with Crippen LogP contribution in [0.3, 0.4) is 0 Å². The van der Waals surface area contributed by atoms with E-state index in [9.17, 15) is 28.0 Å². The smallest absolute Gasteiger partial charge is 0.416 e. The molecule has 43 heavy (non-hydrogen) atoms. The molecule has 6 rings (SSSR count). The highest BCUT2D eigenvalue weighted by atomic mass is 19.4. The highest BCUT2D eigenvalue weighted by Gasteiger charge is 2.40. The molecule has 0 N–H and O–H groups in total. The third-order valence-corrected chi connectivity index (χ3v) is 7.55. The first-order valence-electron chi connectivity index (χ1n) is 13.6. The zero-order chi connectivity index (χ0) is 30.5. The Labute approximate surface area is 244 Å². The largest absolute Gasteiger partial charge is 0.463 e. The fourth-order valence-corrected chi connectivity index (χ4v) is 5.50. The van der Waals surface area contributed by atoms with E-state index in [2.05, 4.69) is 23.1 Å². The molecule has 1 aliphatic carbocycles. The van der Waals surface area contributed by atoms with Gasteiger partial charge in [-0.3, -0.25) is 14.6 Å². The molecule has 0 spiro atoms. The summed E-state index contributed by atoms with van der Waals surface area (Å²) in [4.78, 5) is 34.2. The van der Waals surface area contributed by atoms with Crippen molar-refractivity contribution in [1.82, 2.24) is 14.8 Å². The number of rotatable bonds is 5. The molecular weight excluding hydrogens is 561 g/mol. The molecule has 2 aromatic carbocycles. The summed E-state index contributed by atoms with van der Waals surface area (Å²) in [5.41, 5.74) is 1.76. The number of esters is 1. The fourth-order valence-electron chi connectivity index (χ4n) is 5.50. The SMILES string of the molecule is CCOC(=O)C1=CN(c2cccc(C(F)(F)F)c2)c2nc(N3CC4=C(C=CC(C)C4)C3=O)nn2C1c1ccc(C#N)cc1. The minimum atomic E-state index is -4.61. The Morgan fingerprint density at radius 1 is 1.19 bits per heavy atom. The Hall–Kier alpha value is -5.18. The van der Waals surface area contributed by atoms with Crippen molar-refractivity contribution in [3.8, 4) is 6.07 Å². The number of benzene rings is 2. The third-order valence-electron chi connectivity index (χ3n) is 7.55. The van der Waals surface area contributed by atoms with E-state index in [1.807, 2.05) is 6.08 Å². The second-order valence-corrected chi connectivity index (χ2v) is 10.5. The average Bonchev–Trinajstić information content (AvgIpc) is 3.57. The van der Waals surface area contributed by atoms with Crippen LogP contribution in [0.5, 0.6) is 0 Å². The molecule has 3 aromatic rings. The van der Waals surface area contributed by atoms with Gasteiger partial charge in [0.15, 0.2) is 0 Å².